The molecule has 0 saturated heterocycles. The Hall–Kier alpha value is -2.14. The maximum absolute atomic E-state index is 12.8. The lowest BCUT2D eigenvalue weighted by molar-refractivity contribution is 0.285. The summed E-state index contributed by atoms with van der Waals surface area (Å²) in [4.78, 5) is 1.92. The SMILES string of the molecule is CCCCc1ccc(NC(=S)N(C)CCOc2ccc(F)cc2)cc1. The van der Waals surface area contributed by atoms with Gasteiger partial charge in [0.1, 0.15) is 18.2 Å². The van der Waals surface area contributed by atoms with Crippen molar-refractivity contribution in [3.05, 3.63) is 59.9 Å². The molecule has 0 aliphatic heterocycles. The number of unbranched alkanes of at least 4 members (excludes halogenated alkanes) is 1. The topological polar surface area (TPSA) is 24.5 Å². The van der Waals surface area contributed by atoms with E-state index in [4.69, 9.17) is 17.0 Å². The second-order valence-corrected chi connectivity index (χ2v) is 6.34. The number of likely N-dealkylation sites (N-methyl/N-ethyl adjacent to an activating group) is 1. The lowest BCUT2D eigenvalue weighted by atomic mass is 10.1. The van der Waals surface area contributed by atoms with Crippen molar-refractivity contribution in [1.82, 2.24) is 4.90 Å². The molecule has 0 unspecified atom stereocenters. The summed E-state index contributed by atoms with van der Waals surface area (Å²) in [5.41, 5.74) is 2.33. The standard InChI is InChI=1S/C20H25FN2OS/c1-3-4-5-16-6-10-18(11-7-16)22-20(25)23(2)14-15-24-19-12-8-17(21)9-13-19/h6-13H,3-5,14-15H2,1-2H3,(H,22,25). The van der Waals surface area contributed by atoms with Gasteiger partial charge in [-0.15, -0.1) is 0 Å². The third-order valence-corrected chi connectivity index (χ3v) is 4.29. The first-order valence-electron chi connectivity index (χ1n) is 8.58. The minimum atomic E-state index is -0.268. The number of hydrogen-bond acceptors (Lipinski definition) is 2. The zero-order valence-electron chi connectivity index (χ0n) is 14.8. The van der Waals surface area contributed by atoms with Crippen molar-refractivity contribution in [2.45, 2.75) is 26.2 Å². The van der Waals surface area contributed by atoms with E-state index in [9.17, 15) is 4.39 Å². The molecule has 2 rings (SSSR count). The summed E-state index contributed by atoms with van der Waals surface area (Å²) in [6.07, 6.45) is 3.53. The molecule has 2 aromatic rings. The number of anilines is 1. The maximum atomic E-state index is 12.8. The fourth-order valence-corrected chi connectivity index (χ4v) is 2.50. The van der Waals surface area contributed by atoms with Crippen molar-refractivity contribution in [3.8, 4) is 5.75 Å². The van der Waals surface area contributed by atoms with Crippen molar-refractivity contribution in [1.29, 1.82) is 0 Å². The molecule has 0 spiro atoms. The number of aryl methyl sites for hydroxylation is 1. The summed E-state index contributed by atoms with van der Waals surface area (Å²) in [5.74, 6) is 0.381. The van der Waals surface area contributed by atoms with Gasteiger partial charge >= 0.3 is 0 Å². The predicted molar refractivity (Wildman–Crippen MR) is 106 cm³/mol. The normalized spacial score (nSPS) is 10.4. The Morgan fingerprint density at radius 3 is 2.44 bits per heavy atom. The molecule has 0 amide bonds. The van der Waals surface area contributed by atoms with Crippen molar-refractivity contribution in [3.63, 3.8) is 0 Å². The molecule has 5 heteroatoms. The van der Waals surface area contributed by atoms with E-state index >= 15 is 0 Å². The van der Waals surface area contributed by atoms with Crippen molar-refractivity contribution in [2.24, 2.45) is 0 Å². The Morgan fingerprint density at radius 1 is 1.12 bits per heavy atom. The molecule has 25 heavy (non-hydrogen) atoms. The first-order valence-corrected chi connectivity index (χ1v) is 8.98. The fraction of sp³-hybridized carbons (Fsp3) is 0.350. The van der Waals surface area contributed by atoms with Crippen LogP contribution in [0.25, 0.3) is 0 Å². The number of benzene rings is 2. The molecular weight excluding hydrogens is 335 g/mol. The molecule has 0 aromatic heterocycles. The average Bonchev–Trinajstić information content (AvgIpc) is 2.62. The number of hydrogen-bond donors (Lipinski definition) is 1. The number of thiocarbonyl (C=S) groups is 1. The molecule has 1 N–H and O–H groups in total. The second-order valence-electron chi connectivity index (χ2n) is 5.95. The van der Waals surface area contributed by atoms with E-state index in [1.807, 2.05) is 11.9 Å². The Labute approximate surface area is 154 Å². The highest BCUT2D eigenvalue weighted by Crippen LogP contribution is 2.13. The summed E-state index contributed by atoms with van der Waals surface area (Å²) in [6.45, 7) is 3.31. The molecule has 0 saturated carbocycles. The van der Waals surface area contributed by atoms with Crippen LogP contribution in [0.2, 0.25) is 0 Å². The van der Waals surface area contributed by atoms with Crippen LogP contribution in [0.4, 0.5) is 10.1 Å². The highest BCUT2D eigenvalue weighted by molar-refractivity contribution is 7.80. The van der Waals surface area contributed by atoms with E-state index in [0.717, 1.165) is 12.1 Å². The average molecular weight is 360 g/mol. The Bertz CT molecular complexity index is 658. The molecule has 2 aromatic carbocycles. The lowest BCUT2D eigenvalue weighted by Gasteiger charge is -2.21. The van der Waals surface area contributed by atoms with E-state index in [1.165, 1.54) is 30.5 Å². The lowest BCUT2D eigenvalue weighted by Crippen LogP contribution is -2.34. The molecule has 0 fully saturated rings. The van der Waals surface area contributed by atoms with E-state index in [2.05, 4.69) is 36.5 Å². The monoisotopic (exact) mass is 360 g/mol. The zero-order chi connectivity index (χ0) is 18.1. The quantitative estimate of drug-likeness (QED) is 0.679. The van der Waals surface area contributed by atoms with Gasteiger partial charge in [0.2, 0.25) is 0 Å². The summed E-state index contributed by atoms with van der Waals surface area (Å²) in [7, 11) is 1.92. The number of ether oxygens (including phenoxy) is 1. The summed E-state index contributed by atoms with van der Waals surface area (Å²) < 4.78 is 18.4. The smallest absolute Gasteiger partial charge is 0.173 e. The van der Waals surface area contributed by atoms with Gasteiger partial charge in [0.25, 0.3) is 0 Å². The van der Waals surface area contributed by atoms with Crippen molar-refractivity contribution in [2.75, 3.05) is 25.5 Å². The Kier molecular flexibility index (Phi) is 7.67. The van der Waals surface area contributed by atoms with Gasteiger partial charge in [-0.1, -0.05) is 25.5 Å². The summed E-state index contributed by atoms with van der Waals surface area (Å²) in [6, 6.07) is 14.4. The molecule has 3 nitrogen and oxygen atoms in total. The molecule has 0 radical (unpaired) electrons. The van der Waals surface area contributed by atoms with E-state index in [-0.39, 0.29) is 5.82 Å². The van der Waals surface area contributed by atoms with Crippen LogP contribution in [0.5, 0.6) is 5.75 Å². The van der Waals surface area contributed by atoms with Crippen LogP contribution < -0.4 is 10.1 Å². The molecule has 0 aliphatic carbocycles. The van der Waals surface area contributed by atoms with Gasteiger partial charge in [-0.05, 0) is 67.0 Å². The van der Waals surface area contributed by atoms with Crippen LogP contribution >= 0.6 is 12.2 Å². The largest absolute Gasteiger partial charge is 0.492 e. The highest BCUT2D eigenvalue weighted by atomic mass is 32.1. The minimum Gasteiger partial charge on any atom is -0.492 e. The van der Waals surface area contributed by atoms with Gasteiger partial charge in [-0.25, -0.2) is 4.39 Å². The van der Waals surface area contributed by atoms with E-state index in [1.54, 1.807) is 12.1 Å². The molecule has 0 bridgehead atoms. The van der Waals surface area contributed by atoms with Crippen LogP contribution in [0.3, 0.4) is 0 Å². The van der Waals surface area contributed by atoms with Gasteiger partial charge in [-0.2, -0.15) is 0 Å². The zero-order valence-corrected chi connectivity index (χ0v) is 15.6. The number of nitrogens with zero attached hydrogens (tertiary/aromatic N) is 1. The first kappa shape index (κ1) is 19.2. The summed E-state index contributed by atoms with van der Waals surface area (Å²) >= 11 is 5.42. The van der Waals surface area contributed by atoms with Crippen LogP contribution in [0.15, 0.2) is 48.5 Å². The number of nitrogens with one attached hydrogen (secondary N) is 1. The van der Waals surface area contributed by atoms with Crippen LogP contribution in [-0.2, 0) is 6.42 Å². The van der Waals surface area contributed by atoms with Crippen LogP contribution in [-0.4, -0.2) is 30.2 Å². The van der Waals surface area contributed by atoms with Crippen LogP contribution in [0.1, 0.15) is 25.3 Å². The molecular formula is C20H25FN2OS. The minimum absolute atomic E-state index is 0.268. The van der Waals surface area contributed by atoms with Gasteiger partial charge in [0, 0.05) is 12.7 Å². The third-order valence-electron chi connectivity index (χ3n) is 3.88. The molecule has 0 heterocycles. The number of halogens is 1. The van der Waals surface area contributed by atoms with Gasteiger partial charge in [0.15, 0.2) is 5.11 Å². The predicted octanol–water partition coefficient (Wildman–Crippen LogP) is 4.88. The van der Waals surface area contributed by atoms with Gasteiger partial charge in [-0.3, -0.25) is 0 Å². The van der Waals surface area contributed by atoms with Crippen molar-refractivity contribution < 1.29 is 9.13 Å². The van der Waals surface area contributed by atoms with Gasteiger partial charge in [0.05, 0.1) is 6.54 Å². The fourth-order valence-electron chi connectivity index (χ4n) is 2.29. The molecule has 0 atom stereocenters. The Balaban J connectivity index is 1.74. The Morgan fingerprint density at radius 2 is 1.80 bits per heavy atom. The van der Waals surface area contributed by atoms with E-state index in [0.29, 0.717) is 24.0 Å². The molecule has 134 valence electrons. The number of rotatable bonds is 8. The van der Waals surface area contributed by atoms with Crippen molar-refractivity contribution >= 4 is 23.0 Å². The highest BCUT2D eigenvalue weighted by Gasteiger charge is 2.05. The third kappa shape index (κ3) is 6.70. The molecule has 0 aliphatic rings. The first-order chi connectivity index (χ1) is 12.1. The summed E-state index contributed by atoms with van der Waals surface area (Å²) in [5, 5.41) is 3.88. The maximum Gasteiger partial charge on any atom is 0.173 e. The van der Waals surface area contributed by atoms with Gasteiger partial charge < -0.3 is 15.0 Å². The second kappa shape index (κ2) is 9.99. The van der Waals surface area contributed by atoms with Crippen LogP contribution in [0, 0.1) is 5.82 Å². The van der Waals surface area contributed by atoms with E-state index < -0.39 is 0 Å².